The molecule has 1 atom stereocenters. The van der Waals surface area contributed by atoms with Gasteiger partial charge < -0.3 is 10.2 Å². The summed E-state index contributed by atoms with van der Waals surface area (Å²) in [5, 5.41) is 3.34. The molecule has 1 aromatic carbocycles. The van der Waals surface area contributed by atoms with Crippen LogP contribution >= 0.6 is 11.6 Å². The average Bonchev–Trinajstić information content (AvgIpc) is 2.94. The number of nitrogens with one attached hydrogen (secondary N) is 1. The van der Waals surface area contributed by atoms with Crippen LogP contribution in [0.25, 0.3) is 0 Å². The fourth-order valence-corrected chi connectivity index (χ4v) is 2.78. The van der Waals surface area contributed by atoms with Gasteiger partial charge in [-0.25, -0.2) is 0 Å². The first kappa shape index (κ1) is 15.8. The normalized spacial score (nSPS) is 17.8. The summed E-state index contributed by atoms with van der Waals surface area (Å²) >= 11 is 5.84. The molecular formula is C16H21ClN2O2. The highest BCUT2D eigenvalue weighted by molar-refractivity contribution is 6.30. The van der Waals surface area contributed by atoms with Gasteiger partial charge in [0.1, 0.15) is 0 Å². The van der Waals surface area contributed by atoms with E-state index in [4.69, 9.17) is 11.6 Å². The van der Waals surface area contributed by atoms with Gasteiger partial charge in [0.05, 0.1) is 0 Å². The molecule has 21 heavy (non-hydrogen) atoms. The summed E-state index contributed by atoms with van der Waals surface area (Å²) in [7, 11) is 1.65. The first-order valence-electron chi connectivity index (χ1n) is 7.31. The molecule has 1 aliphatic heterocycles. The van der Waals surface area contributed by atoms with Crippen molar-refractivity contribution in [3.8, 4) is 0 Å². The predicted molar refractivity (Wildman–Crippen MR) is 83.1 cm³/mol. The molecular weight excluding hydrogens is 288 g/mol. The summed E-state index contributed by atoms with van der Waals surface area (Å²) in [5.41, 5.74) is 1.12. The van der Waals surface area contributed by atoms with Crippen molar-refractivity contribution in [1.29, 1.82) is 0 Å². The van der Waals surface area contributed by atoms with Crippen LogP contribution in [0.15, 0.2) is 24.3 Å². The number of aryl methyl sites for hydroxylation is 1. The minimum atomic E-state index is 0.0514. The van der Waals surface area contributed by atoms with E-state index in [2.05, 4.69) is 5.32 Å². The lowest BCUT2D eigenvalue weighted by Crippen LogP contribution is -2.29. The second kappa shape index (κ2) is 7.46. The number of rotatable bonds is 5. The van der Waals surface area contributed by atoms with Crippen molar-refractivity contribution in [3.05, 3.63) is 34.9 Å². The van der Waals surface area contributed by atoms with Gasteiger partial charge in [0.25, 0.3) is 0 Å². The summed E-state index contributed by atoms with van der Waals surface area (Å²) in [6.45, 7) is 1.47. The Morgan fingerprint density at radius 2 is 2.05 bits per heavy atom. The number of amides is 2. The van der Waals surface area contributed by atoms with Crippen molar-refractivity contribution in [2.75, 3.05) is 20.1 Å². The second-order valence-corrected chi connectivity index (χ2v) is 5.93. The summed E-state index contributed by atoms with van der Waals surface area (Å²) < 4.78 is 0. The van der Waals surface area contributed by atoms with Crippen LogP contribution in [-0.2, 0) is 16.0 Å². The fraction of sp³-hybridized carbons (Fsp3) is 0.500. The van der Waals surface area contributed by atoms with Crippen LogP contribution in [0.1, 0.15) is 24.8 Å². The van der Waals surface area contributed by atoms with Crippen molar-refractivity contribution in [1.82, 2.24) is 10.2 Å². The van der Waals surface area contributed by atoms with Gasteiger partial charge in [0.15, 0.2) is 0 Å². The number of carbonyl (C=O) groups excluding carboxylic acids is 2. The highest BCUT2D eigenvalue weighted by Gasteiger charge is 2.27. The fourth-order valence-electron chi connectivity index (χ4n) is 2.65. The smallest absolute Gasteiger partial charge is 0.222 e. The Morgan fingerprint density at radius 1 is 1.33 bits per heavy atom. The van der Waals surface area contributed by atoms with Crippen molar-refractivity contribution in [3.63, 3.8) is 0 Å². The molecule has 5 heteroatoms. The quantitative estimate of drug-likeness (QED) is 0.907. The molecule has 1 aromatic rings. The Labute approximate surface area is 130 Å². The van der Waals surface area contributed by atoms with Crippen LogP contribution in [0.2, 0.25) is 5.02 Å². The maximum Gasteiger partial charge on any atom is 0.222 e. The summed E-state index contributed by atoms with van der Waals surface area (Å²) in [4.78, 5) is 25.4. The topological polar surface area (TPSA) is 49.4 Å². The summed E-state index contributed by atoms with van der Waals surface area (Å²) in [6, 6.07) is 7.59. The molecule has 2 rings (SSSR count). The van der Waals surface area contributed by atoms with Gasteiger partial charge in [-0.3, -0.25) is 9.59 Å². The van der Waals surface area contributed by atoms with Gasteiger partial charge in [-0.2, -0.15) is 0 Å². The average molecular weight is 309 g/mol. The molecule has 4 nitrogen and oxygen atoms in total. The number of likely N-dealkylation sites (tertiary alicyclic amines) is 1. The molecule has 0 radical (unpaired) electrons. The first-order chi connectivity index (χ1) is 10.1. The Balaban J connectivity index is 1.76. The van der Waals surface area contributed by atoms with E-state index in [0.717, 1.165) is 24.9 Å². The number of carbonyl (C=O) groups is 2. The predicted octanol–water partition coefficient (Wildman–Crippen LogP) is 2.26. The molecule has 1 saturated heterocycles. The zero-order valence-corrected chi connectivity index (χ0v) is 13.0. The molecule has 1 N–H and O–H groups in total. The standard InChI is InChI=1S/C16H21ClN2O2/c1-18-15(20)10-13-8-9-19(11-13)16(21)7-4-12-2-5-14(17)6-3-12/h2-3,5-6,13H,4,7-11H2,1H3,(H,18,20)/t13-/m1/s1. The highest BCUT2D eigenvalue weighted by atomic mass is 35.5. The zero-order valence-electron chi connectivity index (χ0n) is 12.3. The van der Waals surface area contributed by atoms with Crippen LogP contribution in [0.4, 0.5) is 0 Å². The van der Waals surface area contributed by atoms with Crippen LogP contribution in [-0.4, -0.2) is 36.9 Å². The van der Waals surface area contributed by atoms with E-state index in [1.807, 2.05) is 29.2 Å². The van der Waals surface area contributed by atoms with E-state index >= 15 is 0 Å². The maximum atomic E-state index is 12.2. The van der Waals surface area contributed by atoms with Crippen LogP contribution in [0.5, 0.6) is 0 Å². The van der Waals surface area contributed by atoms with Crippen LogP contribution in [0.3, 0.4) is 0 Å². The third-order valence-corrected chi connectivity index (χ3v) is 4.18. The second-order valence-electron chi connectivity index (χ2n) is 5.50. The van der Waals surface area contributed by atoms with Gasteiger partial charge in [-0.05, 0) is 36.5 Å². The molecule has 0 unspecified atom stereocenters. The third kappa shape index (κ3) is 4.74. The Kier molecular flexibility index (Phi) is 5.62. The molecule has 2 amide bonds. The number of halogens is 1. The van der Waals surface area contributed by atoms with Crippen molar-refractivity contribution in [2.24, 2.45) is 5.92 Å². The Bertz CT molecular complexity index is 502. The molecule has 0 bridgehead atoms. The third-order valence-electron chi connectivity index (χ3n) is 3.93. The minimum Gasteiger partial charge on any atom is -0.359 e. The minimum absolute atomic E-state index is 0.0514. The van der Waals surface area contributed by atoms with Gasteiger partial charge in [-0.1, -0.05) is 23.7 Å². The van der Waals surface area contributed by atoms with Gasteiger partial charge in [0, 0.05) is 38.0 Å². The highest BCUT2D eigenvalue weighted by Crippen LogP contribution is 2.20. The lowest BCUT2D eigenvalue weighted by molar-refractivity contribution is -0.130. The van der Waals surface area contributed by atoms with Crippen molar-refractivity contribution < 1.29 is 9.59 Å². The Morgan fingerprint density at radius 3 is 2.71 bits per heavy atom. The molecule has 1 aliphatic rings. The molecule has 0 saturated carbocycles. The Hall–Kier alpha value is -1.55. The van der Waals surface area contributed by atoms with E-state index in [0.29, 0.717) is 30.3 Å². The maximum absolute atomic E-state index is 12.2. The van der Waals surface area contributed by atoms with E-state index in [1.54, 1.807) is 7.05 Å². The lowest BCUT2D eigenvalue weighted by atomic mass is 10.0. The SMILES string of the molecule is CNC(=O)C[C@H]1CCN(C(=O)CCc2ccc(Cl)cc2)C1. The van der Waals surface area contributed by atoms with E-state index in [-0.39, 0.29) is 11.8 Å². The number of benzene rings is 1. The first-order valence-corrected chi connectivity index (χ1v) is 7.69. The zero-order chi connectivity index (χ0) is 15.2. The van der Waals surface area contributed by atoms with Gasteiger partial charge in [-0.15, -0.1) is 0 Å². The van der Waals surface area contributed by atoms with Crippen LogP contribution in [0, 0.1) is 5.92 Å². The van der Waals surface area contributed by atoms with Crippen molar-refractivity contribution in [2.45, 2.75) is 25.7 Å². The molecule has 0 aliphatic carbocycles. The van der Waals surface area contributed by atoms with E-state index < -0.39 is 0 Å². The molecule has 0 aromatic heterocycles. The van der Waals surface area contributed by atoms with Gasteiger partial charge in [0.2, 0.25) is 11.8 Å². The molecule has 0 spiro atoms. The van der Waals surface area contributed by atoms with Gasteiger partial charge >= 0.3 is 0 Å². The summed E-state index contributed by atoms with van der Waals surface area (Å²) in [5.74, 6) is 0.518. The number of nitrogens with zero attached hydrogens (tertiary/aromatic N) is 1. The van der Waals surface area contributed by atoms with E-state index in [1.165, 1.54) is 0 Å². The monoisotopic (exact) mass is 308 g/mol. The number of hydrogen-bond donors (Lipinski definition) is 1. The van der Waals surface area contributed by atoms with Crippen molar-refractivity contribution >= 4 is 23.4 Å². The van der Waals surface area contributed by atoms with Crippen LogP contribution < -0.4 is 5.32 Å². The molecule has 114 valence electrons. The largest absolute Gasteiger partial charge is 0.359 e. The lowest BCUT2D eigenvalue weighted by Gasteiger charge is -2.16. The number of hydrogen-bond acceptors (Lipinski definition) is 2. The molecule has 1 fully saturated rings. The summed E-state index contributed by atoms with van der Waals surface area (Å²) in [6.07, 6.45) is 2.67. The molecule has 1 heterocycles. The van der Waals surface area contributed by atoms with E-state index in [9.17, 15) is 9.59 Å².